The number of para-hydroxylation sites is 2. The van der Waals surface area contributed by atoms with Crippen LogP contribution in [0.25, 0.3) is 0 Å². The Balaban J connectivity index is 1.90. The number of carbonyl (C=O) groups excluding carboxylic acids is 2. The van der Waals surface area contributed by atoms with Crippen LogP contribution in [-0.2, 0) is 9.53 Å². The van der Waals surface area contributed by atoms with E-state index in [0.717, 1.165) is 0 Å². The maximum Gasteiger partial charge on any atom is 0.338 e. The normalized spacial score (nSPS) is 9.86. The van der Waals surface area contributed by atoms with Gasteiger partial charge in [0.05, 0.1) is 18.4 Å². The van der Waals surface area contributed by atoms with Crippen LogP contribution < -0.4 is 10.1 Å². The van der Waals surface area contributed by atoms with Crippen LogP contribution >= 0.6 is 0 Å². The Hall–Kier alpha value is -3.02. The summed E-state index contributed by atoms with van der Waals surface area (Å²) in [5.74, 6) is -0.557. The standard InChI is InChI=1S/C16H15NO5/c1-21-14-5-3-2-4-13(14)17-15(19)10-22-16(20)11-6-8-12(18)9-7-11/h2-9,18H,10H2,1H3,(H,17,19). The van der Waals surface area contributed by atoms with Crippen molar-refractivity contribution in [3.63, 3.8) is 0 Å². The van der Waals surface area contributed by atoms with Crippen molar-refractivity contribution in [1.29, 1.82) is 0 Å². The van der Waals surface area contributed by atoms with Gasteiger partial charge in [-0.15, -0.1) is 0 Å². The van der Waals surface area contributed by atoms with Crippen LogP contribution in [0, 0.1) is 0 Å². The Morgan fingerprint density at radius 3 is 2.45 bits per heavy atom. The lowest BCUT2D eigenvalue weighted by Crippen LogP contribution is -2.21. The summed E-state index contributed by atoms with van der Waals surface area (Å²) in [6.45, 7) is -0.419. The zero-order chi connectivity index (χ0) is 15.9. The van der Waals surface area contributed by atoms with Gasteiger partial charge in [0.25, 0.3) is 5.91 Å². The number of benzene rings is 2. The molecule has 0 aliphatic carbocycles. The number of nitrogens with one attached hydrogen (secondary N) is 1. The quantitative estimate of drug-likeness (QED) is 0.827. The number of methoxy groups -OCH3 is 1. The molecule has 2 aromatic rings. The second-order valence-corrected chi connectivity index (χ2v) is 4.37. The highest BCUT2D eigenvalue weighted by atomic mass is 16.5. The van der Waals surface area contributed by atoms with Gasteiger partial charge in [-0.3, -0.25) is 4.79 Å². The molecule has 0 unspecified atom stereocenters. The zero-order valence-corrected chi connectivity index (χ0v) is 11.9. The van der Waals surface area contributed by atoms with Gasteiger partial charge in [-0.2, -0.15) is 0 Å². The summed E-state index contributed by atoms with van der Waals surface area (Å²) in [7, 11) is 1.50. The molecule has 2 N–H and O–H groups in total. The third-order valence-electron chi connectivity index (χ3n) is 2.82. The monoisotopic (exact) mass is 301 g/mol. The van der Waals surface area contributed by atoms with E-state index in [1.54, 1.807) is 24.3 Å². The Morgan fingerprint density at radius 2 is 1.77 bits per heavy atom. The molecule has 0 aliphatic heterocycles. The number of anilines is 1. The van der Waals surface area contributed by atoms with Crippen molar-refractivity contribution >= 4 is 17.6 Å². The number of phenols is 1. The molecule has 0 saturated heterocycles. The summed E-state index contributed by atoms with van der Waals surface area (Å²) in [5.41, 5.74) is 0.749. The van der Waals surface area contributed by atoms with Crippen molar-refractivity contribution in [2.24, 2.45) is 0 Å². The minimum atomic E-state index is -0.643. The Kier molecular flexibility index (Phi) is 4.98. The predicted molar refractivity (Wildman–Crippen MR) is 80.0 cm³/mol. The van der Waals surface area contributed by atoms with E-state index in [0.29, 0.717) is 11.4 Å². The van der Waals surface area contributed by atoms with E-state index in [2.05, 4.69) is 5.32 Å². The third-order valence-corrected chi connectivity index (χ3v) is 2.82. The summed E-state index contributed by atoms with van der Waals surface area (Å²) >= 11 is 0. The Labute approximate surface area is 127 Å². The van der Waals surface area contributed by atoms with Gasteiger partial charge in [0.2, 0.25) is 0 Å². The minimum Gasteiger partial charge on any atom is -0.508 e. The molecule has 0 atom stereocenters. The Morgan fingerprint density at radius 1 is 1.09 bits per heavy atom. The predicted octanol–water partition coefficient (Wildman–Crippen LogP) is 2.20. The highest BCUT2D eigenvalue weighted by Gasteiger charge is 2.11. The highest BCUT2D eigenvalue weighted by Crippen LogP contribution is 2.22. The van der Waals surface area contributed by atoms with Gasteiger partial charge in [0.15, 0.2) is 6.61 Å². The van der Waals surface area contributed by atoms with Gasteiger partial charge in [-0.05, 0) is 36.4 Å². The number of amides is 1. The maximum absolute atomic E-state index is 11.8. The van der Waals surface area contributed by atoms with E-state index < -0.39 is 18.5 Å². The van der Waals surface area contributed by atoms with E-state index in [1.165, 1.54) is 31.4 Å². The lowest BCUT2D eigenvalue weighted by atomic mass is 10.2. The first kappa shape index (κ1) is 15.4. The third kappa shape index (κ3) is 3.99. The lowest BCUT2D eigenvalue weighted by Gasteiger charge is -2.10. The number of phenolic OH excluding ortho intramolecular Hbond substituents is 1. The number of aromatic hydroxyl groups is 1. The van der Waals surface area contributed by atoms with E-state index in [1.807, 2.05) is 0 Å². The summed E-state index contributed by atoms with van der Waals surface area (Å²) in [6.07, 6.45) is 0. The van der Waals surface area contributed by atoms with Gasteiger partial charge >= 0.3 is 5.97 Å². The highest BCUT2D eigenvalue weighted by molar-refractivity contribution is 5.96. The van der Waals surface area contributed by atoms with Gasteiger partial charge in [-0.1, -0.05) is 12.1 Å². The molecule has 0 aromatic heterocycles. The number of hydrogen-bond acceptors (Lipinski definition) is 5. The molecule has 2 aromatic carbocycles. The average Bonchev–Trinajstić information content (AvgIpc) is 2.54. The molecule has 0 heterocycles. The van der Waals surface area contributed by atoms with Gasteiger partial charge in [0, 0.05) is 0 Å². The molecule has 0 spiro atoms. The van der Waals surface area contributed by atoms with E-state index in [9.17, 15) is 9.59 Å². The van der Waals surface area contributed by atoms with Crippen LogP contribution in [0.4, 0.5) is 5.69 Å². The first-order valence-corrected chi connectivity index (χ1v) is 6.49. The zero-order valence-electron chi connectivity index (χ0n) is 11.9. The van der Waals surface area contributed by atoms with Crippen LogP contribution in [0.1, 0.15) is 10.4 Å². The lowest BCUT2D eigenvalue weighted by molar-refractivity contribution is -0.119. The smallest absolute Gasteiger partial charge is 0.338 e. The van der Waals surface area contributed by atoms with Crippen LogP contribution in [0.3, 0.4) is 0 Å². The summed E-state index contributed by atoms with van der Waals surface area (Å²) in [4.78, 5) is 23.5. The van der Waals surface area contributed by atoms with E-state index in [4.69, 9.17) is 14.6 Å². The molecular weight excluding hydrogens is 286 g/mol. The van der Waals surface area contributed by atoms with Crippen LogP contribution in [0.15, 0.2) is 48.5 Å². The van der Waals surface area contributed by atoms with Crippen molar-refractivity contribution in [3.05, 3.63) is 54.1 Å². The fourth-order valence-electron chi connectivity index (χ4n) is 1.75. The van der Waals surface area contributed by atoms with Crippen molar-refractivity contribution < 1.29 is 24.2 Å². The molecule has 0 saturated carbocycles. The van der Waals surface area contributed by atoms with Crippen molar-refractivity contribution in [2.75, 3.05) is 19.0 Å². The molecule has 0 aliphatic rings. The number of hydrogen-bond donors (Lipinski definition) is 2. The largest absolute Gasteiger partial charge is 0.508 e. The first-order valence-electron chi connectivity index (χ1n) is 6.49. The maximum atomic E-state index is 11.8. The van der Waals surface area contributed by atoms with Gasteiger partial charge in [-0.25, -0.2) is 4.79 Å². The molecular formula is C16H15NO5. The summed E-state index contributed by atoms with van der Waals surface area (Å²) in [5, 5.41) is 11.7. The molecule has 0 radical (unpaired) electrons. The fraction of sp³-hybridized carbons (Fsp3) is 0.125. The minimum absolute atomic E-state index is 0.0467. The number of ether oxygens (including phenoxy) is 2. The number of rotatable bonds is 5. The molecule has 0 fully saturated rings. The summed E-state index contributed by atoms with van der Waals surface area (Å²) in [6, 6.07) is 12.5. The number of carbonyl (C=O) groups is 2. The molecule has 1 amide bonds. The second-order valence-electron chi connectivity index (χ2n) is 4.37. The molecule has 2 rings (SSSR count). The molecule has 114 valence electrons. The topological polar surface area (TPSA) is 84.9 Å². The molecule has 6 nitrogen and oxygen atoms in total. The SMILES string of the molecule is COc1ccccc1NC(=O)COC(=O)c1ccc(O)cc1. The summed E-state index contributed by atoms with van der Waals surface area (Å²) < 4.78 is 10.0. The van der Waals surface area contributed by atoms with Gasteiger partial charge < -0.3 is 19.9 Å². The molecule has 0 bridgehead atoms. The number of esters is 1. The van der Waals surface area contributed by atoms with Crippen LogP contribution in [0.2, 0.25) is 0 Å². The molecule has 6 heteroatoms. The fourth-order valence-corrected chi connectivity index (χ4v) is 1.75. The van der Waals surface area contributed by atoms with E-state index in [-0.39, 0.29) is 11.3 Å². The van der Waals surface area contributed by atoms with Gasteiger partial charge in [0.1, 0.15) is 11.5 Å². The van der Waals surface area contributed by atoms with Crippen molar-refractivity contribution in [3.8, 4) is 11.5 Å². The average molecular weight is 301 g/mol. The van der Waals surface area contributed by atoms with Crippen LogP contribution in [-0.4, -0.2) is 30.7 Å². The van der Waals surface area contributed by atoms with E-state index >= 15 is 0 Å². The van der Waals surface area contributed by atoms with Crippen molar-refractivity contribution in [1.82, 2.24) is 0 Å². The van der Waals surface area contributed by atoms with Crippen molar-refractivity contribution in [2.45, 2.75) is 0 Å². The second kappa shape index (κ2) is 7.12. The first-order chi connectivity index (χ1) is 10.6. The Bertz CT molecular complexity index is 666. The molecule has 22 heavy (non-hydrogen) atoms. The van der Waals surface area contributed by atoms with Crippen LogP contribution in [0.5, 0.6) is 11.5 Å².